The van der Waals surface area contributed by atoms with E-state index in [-0.39, 0.29) is 16.7 Å². The second-order valence-corrected chi connectivity index (χ2v) is 11.4. The van der Waals surface area contributed by atoms with E-state index in [1.54, 1.807) is 29.2 Å². The van der Waals surface area contributed by atoms with Gasteiger partial charge in [0.25, 0.3) is 11.7 Å². The standard InChI is InChI=1S/C31H29BrN2O3/c1-31(2,3)22-12-8-19(9-13-22)27-26(28(35)20-10-14-23(32)15-11-20)29(36)30(37)34(27)17-16-21-18-33-25-7-5-4-6-24(21)25/h4-15,18,27,33,35H,16-17H2,1-3H3/b28-26+. The number of aromatic nitrogens is 1. The summed E-state index contributed by atoms with van der Waals surface area (Å²) >= 11 is 3.41. The van der Waals surface area contributed by atoms with Crippen LogP contribution in [0, 0.1) is 0 Å². The quantitative estimate of drug-likeness (QED) is 0.159. The molecule has 1 saturated heterocycles. The number of fused-ring (bicyclic) bond motifs is 1. The highest BCUT2D eigenvalue weighted by Gasteiger charge is 2.46. The number of ketones is 1. The first-order valence-electron chi connectivity index (χ1n) is 12.3. The second kappa shape index (κ2) is 9.67. The molecule has 0 bridgehead atoms. The third-order valence-corrected chi connectivity index (χ3v) is 7.58. The summed E-state index contributed by atoms with van der Waals surface area (Å²) in [6, 6.07) is 22.4. The predicted octanol–water partition coefficient (Wildman–Crippen LogP) is 6.89. The Bertz CT molecular complexity index is 1510. The average Bonchev–Trinajstić information content (AvgIpc) is 3.41. The first-order valence-corrected chi connectivity index (χ1v) is 13.1. The molecular formula is C31H29BrN2O3. The molecule has 1 aromatic heterocycles. The number of hydrogen-bond acceptors (Lipinski definition) is 3. The van der Waals surface area contributed by atoms with Crippen molar-refractivity contribution in [1.29, 1.82) is 0 Å². The number of amides is 1. The first kappa shape index (κ1) is 25.0. The summed E-state index contributed by atoms with van der Waals surface area (Å²) in [6.07, 6.45) is 2.53. The van der Waals surface area contributed by atoms with Gasteiger partial charge in [-0.05, 0) is 46.7 Å². The molecule has 5 rings (SSSR count). The molecule has 1 aliphatic rings. The zero-order chi connectivity index (χ0) is 26.3. The lowest BCUT2D eigenvalue weighted by atomic mass is 9.85. The van der Waals surface area contributed by atoms with Crippen LogP contribution in [0.1, 0.15) is 49.1 Å². The normalized spacial score (nSPS) is 17.6. The first-order chi connectivity index (χ1) is 17.6. The third kappa shape index (κ3) is 4.74. The van der Waals surface area contributed by atoms with Crippen LogP contribution in [-0.4, -0.2) is 33.2 Å². The molecule has 2 N–H and O–H groups in total. The van der Waals surface area contributed by atoms with E-state index in [9.17, 15) is 14.7 Å². The van der Waals surface area contributed by atoms with E-state index in [4.69, 9.17) is 0 Å². The van der Waals surface area contributed by atoms with Gasteiger partial charge in [0.1, 0.15) is 5.76 Å². The Morgan fingerprint density at radius 2 is 1.65 bits per heavy atom. The number of Topliss-reactive ketones (excluding diaryl/α,β-unsaturated/α-hetero) is 1. The molecule has 0 radical (unpaired) electrons. The van der Waals surface area contributed by atoms with E-state index >= 15 is 0 Å². The molecule has 6 heteroatoms. The zero-order valence-electron chi connectivity index (χ0n) is 21.1. The molecule has 0 spiro atoms. The van der Waals surface area contributed by atoms with Crippen LogP contribution >= 0.6 is 15.9 Å². The van der Waals surface area contributed by atoms with Gasteiger partial charge >= 0.3 is 0 Å². The van der Waals surface area contributed by atoms with Gasteiger partial charge in [-0.2, -0.15) is 0 Å². The van der Waals surface area contributed by atoms with Crippen molar-refractivity contribution >= 4 is 44.3 Å². The Labute approximate surface area is 225 Å². The van der Waals surface area contributed by atoms with Crippen LogP contribution in [0.25, 0.3) is 16.7 Å². The Balaban J connectivity index is 1.57. The Morgan fingerprint density at radius 3 is 2.32 bits per heavy atom. The third-order valence-electron chi connectivity index (χ3n) is 7.05. The summed E-state index contributed by atoms with van der Waals surface area (Å²) in [5, 5.41) is 12.4. The molecule has 188 valence electrons. The van der Waals surface area contributed by atoms with Crippen molar-refractivity contribution in [2.24, 2.45) is 0 Å². The molecule has 1 amide bonds. The highest BCUT2D eigenvalue weighted by atomic mass is 79.9. The van der Waals surface area contributed by atoms with Gasteiger partial charge in [0.2, 0.25) is 0 Å². The number of H-pyrrole nitrogens is 1. The monoisotopic (exact) mass is 556 g/mol. The van der Waals surface area contributed by atoms with Crippen LogP contribution in [0.5, 0.6) is 0 Å². The molecule has 2 heterocycles. The molecule has 3 aromatic carbocycles. The molecule has 37 heavy (non-hydrogen) atoms. The molecule has 1 aliphatic heterocycles. The van der Waals surface area contributed by atoms with Crippen molar-refractivity contribution in [2.45, 2.75) is 38.6 Å². The maximum atomic E-state index is 13.4. The van der Waals surface area contributed by atoms with Gasteiger partial charge in [-0.15, -0.1) is 0 Å². The number of nitrogens with zero attached hydrogens (tertiary/aromatic N) is 1. The summed E-state index contributed by atoms with van der Waals surface area (Å²) in [4.78, 5) is 31.6. The lowest BCUT2D eigenvalue weighted by Gasteiger charge is -2.26. The van der Waals surface area contributed by atoms with Crippen molar-refractivity contribution in [3.05, 3.63) is 111 Å². The number of aliphatic hydroxyl groups excluding tert-OH is 1. The van der Waals surface area contributed by atoms with Gasteiger partial charge in [0.05, 0.1) is 11.6 Å². The molecule has 5 nitrogen and oxygen atoms in total. The Kier molecular flexibility index (Phi) is 6.54. The lowest BCUT2D eigenvalue weighted by Crippen LogP contribution is -2.31. The molecule has 0 saturated carbocycles. The van der Waals surface area contributed by atoms with E-state index in [0.717, 1.165) is 32.1 Å². The summed E-state index contributed by atoms with van der Waals surface area (Å²) in [5.41, 5.74) is 4.64. The molecule has 0 aliphatic carbocycles. The van der Waals surface area contributed by atoms with Crippen LogP contribution in [0.4, 0.5) is 0 Å². The van der Waals surface area contributed by atoms with Gasteiger partial charge in [0.15, 0.2) is 0 Å². The van der Waals surface area contributed by atoms with Gasteiger partial charge in [0, 0.05) is 33.7 Å². The van der Waals surface area contributed by atoms with E-state index in [1.807, 2.05) is 54.7 Å². The van der Waals surface area contributed by atoms with Crippen LogP contribution in [0.3, 0.4) is 0 Å². The summed E-state index contributed by atoms with van der Waals surface area (Å²) in [5.74, 6) is -1.42. The topological polar surface area (TPSA) is 73.4 Å². The van der Waals surface area contributed by atoms with Crippen molar-refractivity contribution in [3.63, 3.8) is 0 Å². The van der Waals surface area contributed by atoms with Gasteiger partial charge < -0.3 is 15.0 Å². The fourth-order valence-electron chi connectivity index (χ4n) is 4.97. The summed E-state index contributed by atoms with van der Waals surface area (Å²) < 4.78 is 0.859. The molecule has 1 atom stereocenters. The minimum atomic E-state index is -0.678. The molecule has 1 unspecified atom stereocenters. The number of carbonyl (C=O) groups excluding carboxylic acids is 2. The highest BCUT2D eigenvalue weighted by Crippen LogP contribution is 2.40. The number of halogens is 1. The second-order valence-electron chi connectivity index (χ2n) is 10.5. The maximum absolute atomic E-state index is 13.4. The number of hydrogen-bond donors (Lipinski definition) is 2. The Morgan fingerprint density at radius 1 is 0.973 bits per heavy atom. The van der Waals surface area contributed by atoms with Crippen molar-refractivity contribution < 1.29 is 14.7 Å². The predicted molar refractivity (Wildman–Crippen MR) is 150 cm³/mol. The zero-order valence-corrected chi connectivity index (χ0v) is 22.7. The fourth-order valence-corrected chi connectivity index (χ4v) is 5.23. The number of likely N-dealkylation sites (tertiary alicyclic amines) is 1. The van der Waals surface area contributed by atoms with Crippen LogP contribution in [0.15, 0.2) is 89.0 Å². The van der Waals surface area contributed by atoms with Gasteiger partial charge in [-0.3, -0.25) is 9.59 Å². The van der Waals surface area contributed by atoms with Gasteiger partial charge in [-0.1, -0.05) is 91.3 Å². The van der Waals surface area contributed by atoms with E-state index in [2.05, 4.69) is 41.7 Å². The molecule has 1 fully saturated rings. The van der Waals surface area contributed by atoms with Crippen LogP contribution in [-0.2, 0) is 21.4 Å². The number of para-hydroxylation sites is 1. The summed E-state index contributed by atoms with van der Waals surface area (Å²) in [7, 11) is 0. The average molecular weight is 557 g/mol. The number of benzene rings is 3. The molecular weight excluding hydrogens is 528 g/mol. The highest BCUT2D eigenvalue weighted by molar-refractivity contribution is 9.10. The largest absolute Gasteiger partial charge is 0.507 e. The number of aliphatic hydroxyl groups is 1. The Hall–Kier alpha value is -3.64. The van der Waals surface area contributed by atoms with E-state index in [0.29, 0.717) is 18.5 Å². The van der Waals surface area contributed by atoms with Crippen LogP contribution < -0.4 is 0 Å². The van der Waals surface area contributed by atoms with Gasteiger partial charge in [-0.25, -0.2) is 0 Å². The SMILES string of the molecule is CC(C)(C)c1ccc(C2/C(=C(\O)c3ccc(Br)cc3)C(=O)C(=O)N2CCc2c[nH]c3ccccc23)cc1. The minimum Gasteiger partial charge on any atom is -0.507 e. The van der Waals surface area contributed by atoms with E-state index in [1.165, 1.54) is 0 Å². The fraction of sp³-hybridized carbons (Fsp3) is 0.226. The number of nitrogens with one attached hydrogen (secondary N) is 1. The van der Waals surface area contributed by atoms with E-state index < -0.39 is 17.7 Å². The van der Waals surface area contributed by atoms with Crippen molar-refractivity contribution in [2.75, 3.05) is 6.54 Å². The maximum Gasteiger partial charge on any atom is 0.295 e. The number of aromatic amines is 1. The molecule has 4 aromatic rings. The van der Waals surface area contributed by atoms with Crippen LogP contribution in [0.2, 0.25) is 0 Å². The smallest absolute Gasteiger partial charge is 0.295 e. The minimum absolute atomic E-state index is 0.0346. The number of rotatable bonds is 5. The summed E-state index contributed by atoms with van der Waals surface area (Å²) in [6.45, 7) is 6.77. The van der Waals surface area contributed by atoms with Crippen molar-refractivity contribution in [3.8, 4) is 0 Å². The van der Waals surface area contributed by atoms with Crippen molar-refractivity contribution in [1.82, 2.24) is 9.88 Å². The lowest BCUT2D eigenvalue weighted by molar-refractivity contribution is -0.139. The number of carbonyl (C=O) groups is 2.